The highest BCUT2D eigenvalue weighted by Gasteiger charge is 2.51. The van der Waals surface area contributed by atoms with Gasteiger partial charge in [0.2, 0.25) is 0 Å². The average Bonchev–Trinajstić information content (AvgIpc) is 2.25. The number of hydrogen-bond donors (Lipinski definition) is 1. The van der Waals surface area contributed by atoms with Gasteiger partial charge in [-0.2, -0.15) is 0 Å². The van der Waals surface area contributed by atoms with E-state index in [1.807, 2.05) is 0 Å². The van der Waals surface area contributed by atoms with Gasteiger partial charge in [-0.05, 0) is 86.5 Å². The molecule has 1 aliphatic heterocycles. The summed E-state index contributed by atoms with van der Waals surface area (Å²) in [5.41, 5.74) is 0.588. The van der Waals surface area contributed by atoms with Gasteiger partial charge >= 0.3 is 0 Å². The summed E-state index contributed by atoms with van der Waals surface area (Å²) >= 11 is 0. The Hall–Kier alpha value is -0.0400. The summed E-state index contributed by atoms with van der Waals surface area (Å²) in [6.07, 6.45) is 10.7. The Morgan fingerprint density at radius 2 is 1.50 bits per heavy atom. The molecule has 1 nitrogen and oxygen atoms in total. The maximum Gasteiger partial charge on any atom is 0.0106 e. The fourth-order valence-corrected chi connectivity index (χ4v) is 6.26. The van der Waals surface area contributed by atoms with E-state index in [0.717, 1.165) is 35.6 Å². The Morgan fingerprint density at radius 3 is 2.06 bits per heavy atom. The highest BCUT2D eigenvalue weighted by molar-refractivity contribution is 5.03. The van der Waals surface area contributed by atoms with E-state index < -0.39 is 0 Å². The van der Waals surface area contributed by atoms with Gasteiger partial charge in [-0.15, -0.1) is 0 Å². The van der Waals surface area contributed by atoms with Crippen LogP contribution in [0, 0.1) is 35.0 Å². The van der Waals surface area contributed by atoms with Crippen molar-refractivity contribution < 1.29 is 0 Å². The lowest BCUT2D eigenvalue weighted by Gasteiger charge is -2.58. The predicted molar refractivity (Wildman–Crippen MR) is 75.3 cm³/mol. The summed E-state index contributed by atoms with van der Waals surface area (Å²) in [5.74, 6) is 5.47. The number of hydrogen-bond acceptors (Lipinski definition) is 1. The van der Waals surface area contributed by atoms with Crippen LogP contribution in [-0.4, -0.2) is 12.6 Å². The number of rotatable bonds is 1. The summed E-state index contributed by atoms with van der Waals surface area (Å²) in [7, 11) is 0. The predicted octanol–water partition coefficient (Wildman–Crippen LogP) is 3.84. The molecule has 5 fully saturated rings. The highest BCUT2D eigenvalue weighted by atomic mass is 14.9. The van der Waals surface area contributed by atoms with Crippen molar-refractivity contribution in [3.05, 3.63) is 0 Å². The van der Waals surface area contributed by atoms with Crippen molar-refractivity contribution in [3.8, 4) is 0 Å². The lowest BCUT2D eigenvalue weighted by atomic mass is 9.49. The topological polar surface area (TPSA) is 12.0 Å². The largest absolute Gasteiger partial charge is 0.314 e. The minimum Gasteiger partial charge on any atom is -0.314 e. The summed E-state index contributed by atoms with van der Waals surface area (Å²) in [5, 5.41) is 3.90. The maximum absolute atomic E-state index is 3.90. The van der Waals surface area contributed by atoms with Gasteiger partial charge in [0.1, 0.15) is 0 Å². The molecule has 0 aromatic heterocycles. The monoisotopic (exact) mass is 247 g/mol. The van der Waals surface area contributed by atoms with Crippen LogP contribution in [0.4, 0.5) is 0 Å². The van der Waals surface area contributed by atoms with E-state index in [1.165, 1.54) is 19.4 Å². The van der Waals surface area contributed by atoms with Gasteiger partial charge in [-0.3, -0.25) is 0 Å². The van der Waals surface area contributed by atoms with Gasteiger partial charge in [-0.25, -0.2) is 0 Å². The molecule has 1 unspecified atom stereocenters. The number of piperidine rings is 1. The minimum atomic E-state index is 0.588. The molecule has 5 aliphatic rings. The molecule has 4 saturated carbocycles. The van der Waals surface area contributed by atoms with Crippen LogP contribution in [0.3, 0.4) is 0 Å². The second-order valence-electron chi connectivity index (χ2n) is 8.69. The van der Waals surface area contributed by atoms with Crippen molar-refractivity contribution in [2.24, 2.45) is 35.0 Å². The van der Waals surface area contributed by atoms with Crippen molar-refractivity contribution in [2.75, 3.05) is 6.54 Å². The van der Waals surface area contributed by atoms with Crippen LogP contribution in [0.15, 0.2) is 0 Å². The van der Waals surface area contributed by atoms with Crippen LogP contribution in [-0.2, 0) is 0 Å². The third-order valence-corrected chi connectivity index (χ3v) is 6.75. The summed E-state index contributed by atoms with van der Waals surface area (Å²) in [4.78, 5) is 0. The van der Waals surface area contributed by atoms with Crippen molar-refractivity contribution in [1.29, 1.82) is 0 Å². The van der Waals surface area contributed by atoms with Crippen LogP contribution in [0.5, 0.6) is 0 Å². The molecular formula is C17H29N. The van der Waals surface area contributed by atoms with Gasteiger partial charge < -0.3 is 5.32 Å². The third kappa shape index (κ3) is 1.85. The molecule has 1 saturated heterocycles. The fourth-order valence-electron chi connectivity index (χ4n) is 6.26. The van der Waals surface area contributed by atoms with Crippen LogP contribution in [0.2, 0.25) is 0 Å². The highest BCUT2D eigenvalue weighted by Crippen LogP contribution is 2.58. The van der Waals surface area contributed by atoms with Crippen molar-refractivity contribution >= 4 is 0 Å². The Morgan fingerprint density at radius 1 is 0.889 bits per heavy atom. The Labute approximate surface area is 112 Å². The maximum atomic E-state index is 3.90. The van der Waals surface area contributed by atoms with Gasteiger partial charge in [0.15, 0.2) is 0 Å². The molecule has 0 aromatic carbocycles. The SMILES string of the molecule is CC1(C)CCNC(C2C3CC4CC(C3)CC2C4)C1. The molecule has 1 heteroatoms. The molecule has 0 aromatic rings. The van der Waals surface area contributed by atoms with E-state index in [4.69, 9.17) is 0 Å². The number of nitrogens with one attached hydrogen (secondary N) is 1. The van der Waals surface area contributed by atoms with Crippen LogP contribution >= 0.6 is 0 Å². The van der Waals surface area contributed by atoms with Crippen LogP contribution < -0.4 is 5.32 Å². The first-order valence-corrected chi connectivity index (χ1v) is 8.34. The first-order valence-electron chi connectivity index (χ1n) is 8.34. The Kier molecular flexibility index (Phi) is 2.60. The second kappa shape index (κ2) is 3.98. The zero-order valence-corrected chi connectivity index (χ0v) is 12.1. The van der Waals surface area contributed by atoms with Crippen LogP contribution in [0.1, 0.15) is 58.8 Å². The van der Waals surface area contributed by atoms with E-state index >= 15 is 0 Å². The lowest BCUT2D eigenvalue weighted by Crippen LogP contribution is -2.56. The lowest BCUT2D eigenvalue weighted by molar-refractivity contribution is -0.0620. The van der Waals surface area contributed by atoms with Gasteiger partial charge in [0.25, 0.3) is 0 Å². The van der Waals surface area contributed by atoms with E-state index in [-0.39, 0.29) is 0 Å². The second-order valence-corrected chi connectivity index (χ2v) is 8.69. The standard InChI is InChI=1S/C17H29N/c1-17(2)3-4-18-15(10-17)16-13-6-11-5-12(8-13)9-14(16)7-11/h11-16,18H,3-10H2,1-2H3. The minimum absolute atomic E-state index is 0.588. The Bertz CT molecular complexity index is 305. The zero-order chi connectivity index (χ0) is 12.3. The first-order chi connectivity index (χ1) is 8.61. The summed E-state index contributed by atoms with van der Waals surface area (Å²) in [6, 6.07) is 0.851. The molecule has 0 spiro atoms. The quantitative estimate of drug-likeness (QED) is 0.742. The molecule has 1 N–H and O–H groups in total. The van der Waals surface area contributed by atoms with E-state index in [2.05, 4.69) is 19.2 Å². The van der Waals surface area contributed by atoms with Gasteiger partial charge in [0, 0.05) is 6.04 Å². The van der Waals surface area contributed by atoms with Gasteiger partial charge in [-0.1, -0.05) is 13.8 Å². The van der Waals surface area contributed by atoms with Crippen molar-refractivity contribution in [1.82, 2.24) is 5.32 Å². The van der Waals surface area contributed by atoms with E-state index in [0.29, 0.717) is 5.41 Å². The zero-order valence-electron chi connectivity index (χ0n) is 12.1. The fraction of sp³-hybridized carbons (Fsp3) is 1.00. The van der Waals surface area contributed by atoms with E-state index in [1.54, 1.807) is 32.1 Å². The van der Waals surface area contributed by atoms with Crippen molar-refractivity contribution in [3.63, 3.8) is 0 Å². The van der Waals surface area contributed by atoms with Gasteiger partial charge in [0.05, 0.1) is 0 Å². The normalized spacial score (nSPS) is 53.7. The molecule has 1 heterocycles. The summed E-state index contributed by atoms with van der Waals surface area (Å²) < 4.78 is 0. The molecule has 4 bridgehead atoms. The average molecular weight is 247 g/mol. The molecule has 18 heavy (non-hydrogen) atoms. The molecular weight excluding hydrogens is 218 g/mol. The van der Waals surface area contributed by atoms with E-state index in [9.17, 15) is 0 Å². The smallest absolute Gasteiger partial charge is 0.0106 e. The first kappa shape index (κ1) is 11.8. The molecule has 102 valence electrons. The molecule has 0 radical (unpaired) electrons. The molecule has 5 rings (SSSR count). The molecule has 0 amide bonds. The molecule has 4 aliphatic carbocycles. The third-order valence-electron chi connectivity index (χ3n) is 6.75. The summed E-state index contributed by atoms with van der Waals surface area (Å²) in [6.45, 7) is 6.23. The Balaban J connectivity index is 1.54. The van der Waals surface area contributed by atoms with Crippen molar-refractivity contribution in [2.45, 2.75) is 64.8 Å². The molecule has 1 atom stereocenters. The van der Waals surface area contributed by atoms with Crippen LogP contribution in [0.25, 0.3) is 0 Å².